The Kier molecular flexibility index (Phi) is 5.26. The Hall–Kier alpha value is -2.35. The fourth-order valence-corrected chi connectivity index (χ4v) is 4.86. The molecule has 0 amide bonds. The fourth-order valence-electron chi connectivity index (χ4n) is 3.80. The van der Waals surface area contributed by atoms with Crippen LogP contribution in [0.3, 0.4) is 0 Å². The number of hydrogen-bond acceptors (Lipinski definition) is 5. The number of aromatic nitrogens is 4. The Morgan fingerprint density at radius 3 is 2.97 bits per heavy atom. The van der Waals surface area contributed by atoms with Crippen molar-refractivity contribution in [3.63, 3.8) is 0 Å². The number of rotatable bonds is 5. The molecule has 30 heavy (non-hydrogen) atoms. The molecule has 154 valence electrons. The van der Waals surface area contributed by atoms with Crippen molar-refractivity contribution in [1.29, 1.82) is 0 Å². The monoisotopic (exact) mass is 440 g/mol. The number of pyridine rings is 1. The summed E-state index contributed by atoms with van der Waals surface area (Å²) in [5, 5.41) is 1.81. The molecule has 0 bridgehead atoms. The molecule has 3 aromatic heterocycles. The highest BCUT2D eigenvalue weighted by molar-refractivity contribution is 7.98. The van der Waals surface area contributed by atoms with E-state index in [1.54, 1.807) is 22.8 Å². The Labute approximate surface area is 182 Å². The number of nitrogens with zero attached hydrogens (tertiary/aromatic N) is 4. The van der Waals surface area contributed by atoms with E-state index in [1.807, 2.05) is 22.7 Å². The zero-order chi connectivity index (χ0) is 20.7. The van der Waals surface area contributed by atoms with Gasteiger partial charge in [0.05, 0.1) is 29.2 Å². The van der Waals surface area contributed by atoms with Crippen LogP contribution < -0.4 is 5.56 Å². The molecule has 0 radical (unpaired) electrons. The van der Waals surface area contributed by atoms with E-state index < -0.39 is 0 Å². The Morgan fingerprint density at radius 1 is 1.23 bits per heavy atom. The Morgan fingerprint density at radius 2 is 2.13 bits per heavy atom. The number of imidazole rings is 1. The maximum Gasteiger partial charge on any atom is 0.262 e. The molecule has 0 spiro atoms. The van der Waals surface area contributed by atoms with Crippen molar-refractivity contribution in [3.8, 4) is 0 Å². The van der Waals surface area contributed by atoms with E-state index in [9.17, 15) is 4.79 Å². The molecule has 0 saturated carbocycles. The maximum absolute atomic E-state index is 13.2. The topological polar surface area (TPSA) is 61.4 Å². The van der Waals surface area contributed by atoms with Gasteiger partial charge in [0, 0.05) is 29.8 Å². The largest absolute Gasteiger partial charge is 0.376 e. The molecule has 1 aliphatic rings. The first-order chi connectivity index (χ1) is 14.6. The van der Waals surface area contributed by atoms with Gasteiger partial charge in [-0.15, -0.1) is 0 Å². The van der Waals surface area contributed by atoms with E-state index in [0.717, 1.165) is 30.8 Å². The Balaban J connectivity index is 1.50. The molecule has 1 saturated heterocycles. The number of halogens is 1. The molecule has 6 nitrogen and oxygen atoms in total. The van der Waals surface area contributed by atoms with E-state index >= 15 is 0 Å². The maximum atomic E-state index is 13.2. The van der Waals surface area contributed by atoms with Crippen molar-refractivity contribution in [2.24, 2.45) is 0 Å². The van der Waals surface area contributed by atoms with Gasteiger partial charge in [-0.05, 0) is 49.6 Å². The number of thioether (sulfide) groups is 1. The van der Waals surface area contributed by atoms with Crippen molar-refractivity contribution in [3.05, 3.63) is 69.4 Å². The molecular weight excluding hydrogens is 420 g/mol. The van der Waals surface area contributed by atoms with Gasteiger partial charge in [-0.2, -0.15) is 0 Å². The summed E-state index contributed by atoms with van der Waals surface area (Å²) in [7, 11) is 0. The summed E-state index contributed by atoms with van der Waals surface area (Å²) in [6.45, 7) is 3.32. The predicted molar refractivity (Wildman–Crippen MR) is 119 cm³/mol. The molecular formula is C22H21ClN4O2S. The summed E-state index contributed by atoms with van der Waals surface area (Å²) >= 11 is 7.66. The van der Waals surface area contributed by atoms with Gasteiger partial charge < -0.3 is 9.14 Å². The van der Waals surface area contributed by atoms with Crippen LogP contribution in [-0.4, -0.2) is 31.6 Å². The minimum absolute atomic E-state index is 0.0479. The quantitative estimate of drug-likeness (QED) is 0.338. The summed E-state index contributed by atoms with van der Waals surface area (Å²) < 4.78 is 9.55. The molecule has 1 aliphatic heterocycles. The van der Waals surface area contributed by atoms with Crippen LogP contribution in [0.5, 0.6) is 0 Å². The van der Waals surface area contributed by atoms with Gasteiger partial charge in [0.25, 0.3) is 5.56 Å². The number of ether oxygens (including phenoxy) is 1. The van der Waals surface area contributed by atoms with Crippen LogP contribution in [0.15, 0.2) is 52.7 Å². The number of aryl methyl sites for hydroxylation is 1. The fraction of sp³-hybridized carbons (Fsp3) is 0.318. The predicted octanol–water partition coefficient (Wildman–Crippen LogP) is 4.48. The molecule has 0 N–H and O–H groups in total. The first-order valence-electron chi connectivity index (χ1n) is 9.95. The number of benzene rings is 1. The minimum atomic E-state index is -0.0553. The minimum Gasteiger partial charge on any atom is -0.376 e. The van der Waals surface area contributed by atoms with Gasteiger partial charge in [0.1, 0.15) is 5.65 Å². The van der Waals surface area contributed by atoms with Gasteiger partial charge >= 0.3 is 0 Å². The molecule has 5 rings (SSSR count). The molecule has 1 atom stereocenters. The third-order valence-electron chi connectivity index (χ3n) is 5.29. The lowest BCUT2D eigenvalue weighted by molar-refractivity contribution is 0.0937. The smallest absolute Gasteiger partial charge is 0.262 e. The average Bonchev–Trinajstić information content (AvgIpc) is 3.37. The van der Waals surface area contributed by atoms with Crippen LogP contribution >= 0.6 is 23.4 Å². The first-order valence-corrected chi connectivity index (χ1v) is 11.3. The Bertz CT molecular complexity index is 1290. The molecule has 1 aromatic carbocycles. The second-order valence-electron chi connectivity index (χ2n) is 7.60. The van der Waals surface area contributed by atoms with E-state index in [1.165, 1.54) is 17.3 Å². The van der Waals surface area contributed by atoms with Gasteiger partial charge in [-0.3, -0.25) is 9.36 Å². The van der Waals surface area contributed by atoms with Crippen LogP contribution in [0.1, 0.15) is 24.1 Å². The molecule has 8 heteroatoms. The second-order valence-corrected chi connectivity index (χ2v) is 8.98. The SMILES string of the molecule is Cc1ccc2nc(CSc3nc4cc(Cl)ccc4c(=O)n3C[C@@H]3CCCO3)cn2c1. The first kappa shape index (κ1) is 19.6. The standard InChI is InChI=1S/C22H21ClN4O2S/c1-14-4-7-20-24-16(11-26(20)10-14)13-30-22-25-19-9-15(23)5-6-18(19)21(28)27(22)12-17-3-2-8-29-17/h4-7,9-11,17H,2-3,8,12-13H2,1H3/t17-/m0/s1. The van der Waals surface area contributed by atoms with Crippen LogP contribution in [0.2, 0.25) is 5.02 Å². The lowest BCUT2D eigenvalue weighted by atomic mass is 10.2. The molecule has 0 aliphatic carbocycles. The highest BCUT2D eigenvalue weighted by atomic mass is 35.5. The van der Waals surface area contributed by atoms with Gasteiger partial charge in [-0.25, -0.2) is 9.97 Å². The van der Waals surface area contributed by atoms with Gasteiger partial charge in [0.2, 0.25) is 0 Å². The lowest BCUT2D eigenvalue weighted by Crippen LogP contribution is -2.28. The van der Waals surface area contributed by atoms with Crippen LogP contribution in [0, 0.1) is 6.92 Å². The lowest BCUT2D eigenvalue weighted by Gasteiger charge is -2.16. The zero-order valence-electron chi connectivity index (χ0n) is 16.5. The van der Waals surface area contributed by atoms with Crippen LogP contribution in [0.4, 0.5) is 0 Å². The highest BCUT2D eigenvalue weighted by Crippen LogP contribution is 2.25. The van der Waals surface area contributed by atoms with Crippen molar-refractivity contribution in [2.75, 3.05) is 6.61 Å². The highest BCUT2D eigenvalue weighted by Gasteiger charge is 2.20. The second kappa shape index (κ2) is 8.06. The normalized spacial score (nSPS) is 16.7. The van der Waals surface area contributed by atoms with Crippen molar-refractivity contribution in [1.82, 2.24) is 18.9 Å². The van der Waals surface area contributed by atoms with E-state index in [0.29, 0.717) is 33.4 Å². The molecule has 1 fully saturated rings. The summed E-state index contributed by atoms with van der Waals surface area (Å²) in [5.74, 6) is 0.616. The van der Waals surface area contributed by atoms with Gasteiger partial charge in [0.15, 0.2) is 5.16 Å². The number of hydrogen-bond donors (Lipinski definition) is 0. The number of fused-ring (bicyclic) bond motifs is 2. The van der Waals surface area contributed by atoms with Crippen molar-refractivity contribution >= 4 is 39.9 Å². The van der Waals surface area contributed by atoms with E-state index in [4.69, 9.17) is 21.3 Å². The molecule has 4 aromatic rings. The molecule has 4 heterocycles. The van der Waals surface area contributed by atoms with Gasteiger partial charge in [-0.1, -0.05) is 29.4 Å². The van der Waals surface area contributed by atoms with E-state index in [2.05, 4.69) is 18.1 Å². The van der Waals surface area contributed by atoms with Crippen molar-refractivity contribution < 1.29 is 4.74 Å². The third-order valence-corrected chi connectivity index (χ3v) is 6.54. The molecule has 0 unspecified atom stereocenters. The van der Waals surface area contributed by atoms with Crippen LogP contribution in [-0.2, 0) is 17.0 Å². The average molecular weight is 441 g/mol. The van der Waals surface area contributed by atoms with Crippen molar-refractivity contribution in [2.45, 2.75) is 43.3 Å². The summed E-state index contributed by atoms with van der Waals surface area (Å²) in [6.07, 6.45) is 6.11. The zero-order valence-corrected chi connectivity index (χ0v) is 18.1. The van der Waals surface area contributed by atoms with Crippen LogP contribution in [0.25, 0.3) is 16.6 Å². The summed E-state index contributed by atoms with van der Waals surface area (Å²) in [4.78, 5) is 22.7. The summed E-state index contributed by atoms with van der Waals surface area (Å²) in [5.41, 5.74) is 3.59. The third kappa shape index (κ3) is 3.85. The van der Waals surface area contributed by atoms with E-state index in [-0.39, 0.29) is 11.7 Å². The summed E-state index contributed by atoms with van der Waals surface area (Å²) in [6, 6.07) is 9.28.